The summed E-state index contributed by atoms with van der Waals surface area (Å²) in [4.78, 5) is 12.5. The lowest BCUT2D eigenvalue weighted by Gasteiger charge is -2.19. The van der Waals surface area contributed by atoms with Crippen LogP contribution in [-0.2, 0) is 0 Å². The van der Waals surface area contributed by atoms with Gasteiger partial charge in [-0.25, -0.2) is 0 Å². The van der Waals surface area contributed by atoms with E-state index in [0.717, 1.165) is 11.3 Å². The Kier molecular flexibility index (Phi) is 4.41. The van der Waals surface area contributed by atoms with Crippen molar-refractivity contribution < 1.29 is 14.3 Å². The van der Waals surface area contributed by atoms with E-state index >= 15 is 0 Å². The average Bonchev–Trinajstić information content (AvgIpc) is 2.68. The van der Waals surface area contributed by atoms with E-state index in [2.05, 4.69) is 19.2 Å². The predicted molar refractivity (Wildman–Crippen MR) is 95.4 cm³/mol. The van der Waals surface area contributed by atoms with Crippen molar-refractivity contribution in [2.45, 2.75) is 20.8 Å². The minimum atomic E-state index is -0.199. The van der Waals surface area contributed by atoms with E-state index in [-0.39, 0.29) is 11.3 Å². The van der Waals surface area contributed by atoms with Crippen molar-refractivity contribution in [2.75, 3.05) is 18.5 Å². The maximum Gasteiger partial charge on any atom is 0.255 e. The number of benzene rings is 2. The largest absolute Gasteiger partial charge is 0.489 e. The van der Waals surface area contributed by atoms with Crippen LogP contribution in [0.4, 0.5) is 5.69 Å². The molecule has 4 nitrogen and oxygen atoms in total. The van der Waals surface area contributed by atoms with Crippen LogP contribution in [0.25, 0.3) is 0 Å². The van der Waals surface area contributed by atoms with Crippen LogP contribution < -0.4 is 14.8 Å². The molecule has 0 aliphatic carbocycles. The minimum Gasteiger partial charge on any atom is -0.489 e. The Morgan fingerprint density at radius 2 is 1.79 bits per heavy atom. The quantitative estimate of drug-likeness (QED) is 0.858. The lowest BCUT2D eigenvalue weighted by molar-refractivity contribution is 0.102. The number of hydrogen-bond donors (Lipinski definition) is 1. The number of fused-ring (bicyclic) bond motifs is 1. The molecule has 2 aromatic carbocycles. The second-order valence-electron chi connectivity index (χ2n) is 6.82. The van der Waals surface area contributed by atoms with E-state index < -0.39 is 0 Å². The highest BCUT2D eigenvalue weighted by Crippen LogP contribution is 2.34. The Hall–Kier alpha value is -2.20. The number of carbonyl (C=O) groups excluding carboxylic acids is 1. The van der Waals surface area contributed by atoms with Gasteiger partial charge in [0.2, 0.25) is 0 Å². The summed E-state index contributed by atoms with van der Waals surface area (Å²) in [6, 6.07) is 10.6. The molecule has 0 atom stereocenters. The minimum absolute atomic E-state index is 0.0676. The summed E-state index contributed by atoms with van der Waals surface area (Å²) in [6.45, 7) is 7.18. The first kappa shape index (κ1) is 16.7. The van der Waals surface area contributed by atoms with Gasteiger partial charge in [-0.2, -0.15) is 0 Å². The van der Waals surface area contributed by atoms with Crippen molar-refractivity contribution in [3.8, 4) is 11.5 Å². The van der Waals surface area contributed by atoms with Crippen molar-refractivity contribution in [1.82, 2.24) is 0 Å². The van der Waals surface area contributed by atoms with E-state index in [0.29, 0.717) is 35.3 Å². The second kappa shape index (κ2) is 6.36. The molecule has 0 saturated heterocycles. The number of amides is 1. The van der Waals surface area contributed by atoms with E-state index in [9.17, 15) is 4.79 Å². The van der Waals surface area contributed by atoms with Gasteiger partial charge in [0.25, 0.3) is 5.91 Å². The molecule has 1 heterocycles. The van der Waals surface area contributed by atoms with E-state index in [1.54, 1.807) is 30.3 Å². The summed E-state index contributed by atoms with van der Waals surface area (Å²) in [5.41, 5.74) is 2.10. The fourth-order valence-corrected chi connectivity index (χ4v) is 2.66. The maximum atomic E-state index is 12.5. The number of anilines is 1. The molecule has 0 bridgehead atoms. The second-order valence-corrected chi connectivity index (χ2v) is 7.25. The monoisotopic (exact) mass is 345 g/mol. The zero-order chi connectivity index (χ0) is 17.3. The van der Waals surface area contributed by atoms with Gasteiger partial charge >= 0.3 is 0 Å². The van der Waals surface area contributed by atoms with Crippen LogP contribution in [0.1, 0.15) is 29.8 Å². The summed E-state index contributed by atoms with van der Waals surface area (Å²) in [5.74, 6) is 1.07. The Morgan fingerprint density at radius 1 is 1.08 bits per heavy atom. The van der Waals surface area contributed by atoms with Crippen molar-refractivity contribution in [1.29, 1.82) is 0 Å². The smallest absolute Gasteiger partial charge is 0.255 e. The highest BCUT2D eigenvalue weighted by molar-refractivity contribution is 6.30. The molecule has 3 rings (SSSR count). The van der Waals surface area contributed by atoms with Gasteiger partial charge < -0.3 is 14.8 Å². The summed E-state index contributed by atoms with van der Waals surface area (Å²) in [5, 5.41) is 3.54. The van der Waals surface area contributed by atoms with Gasteiger partial charge in [-0.3, -0.25) is 4.79 Å². The lowest BCUT2D eigenvalue weighted by atomic mass is 9.97. The van der Waals surface area contributed by atoms with E-state index in [1.165, 1.54) is 0 Å². The molecular weight excluding hydrogens is 326 g/mol. The zero-order valence-electron chi connectivity index (χ0n) is 14.0. The molecule has 0 radical (unpaired) electrons. The summed E-state index contributed by atoms with van der Waals surface area (Å²) >= 11 is 5.95. The molecule has 126 valence electrons. The zero-order valence-corrected chi connectivity index (χ0v) is 14.7. The van der Waals surface area contributed by atoms with Gasteiger partial charge in [-0.1, -0.05) is 25.4 Å². The normalized spacial score (nSPS) is 15.5. The molecule has 2 aromatic rings. The summed E-state index contributed by atoms with van der Waals surface area (Å²) in [7, 11) is 0. The van der Waals surface area contributed by atoms with Crippen LogP contribution in [0.3, 0.4) is 0 Å². The molecule has 0 unspecified atom stereocenters. The Morgan fingerprint density at radius 3 is 2.50 bits per heavy atom. The van der Waals surface area contributed by atoms with Gasteiger partial charge in [0, 0.05) is 21.7 Å². The van der Waals surface area contributed by atoms with Gasteiger partial charge in [-0.05, 0) is 48.9 Å². The van der Waals surface area contributed by atoms with Crippen molar-refractivity contribution in [3.05, 3.63) is 52.5 Å². The van der Waals surface area contributed by atoms with Gasteiger partial charge in [0.1, 0.15) is 0 Å². The fraction of sp³-hybridized carbons (Fsp3) is 0.316. The third kappa shape index (κ3) is 3.65. The van der Waals surface area contributed by atoms with Crippen LogP contribution >= 0.6 is 11.6 Å². The van der Waals surface area contributed by atoms with Crippen molar-refractivity contribution in [3.63, 3.8) is 0 Å². The molecule has 1 N–H and O–H groups in total. The number of halogens is 1. The molecule has 5 heteroatoms. The number of hydrogen-bond acceptors (Lipinski definition) is 3. The summed E-state index contributed by atoms with van der Waals surface area (Å²) in [6.07, 6.45) is 0. The molecule has 1 amide bonds. The first-order valence-electron chi connectivity index (χ1n) is 7.81. The van der Waals surface area contributed by atoms with Gasteiger partial charge in [-0.15, -0.1) is 0 Å². The van der Waals surface area contributed by atoms with Crippen LogP contribution in [0.15, 0.2) is 36.4 Å². The van der Waals surface area contributed by atoms with E-state index in [4.69, 9.17) is 21.1 Å². The number of nitrogens with one attached hydrogen (secondary N) is 1. The van der Waals surface area contributed by atoms with E-state index in [1.807, 2.05) is 13.0 Å². The third-order valence-electron chi connectivity index (χ3n) is 3.88. The van der Waals surface area contributed by atoms with Crippen LogP contribution in [0.5, 0.6) is 11.5 Å². The average molecular weight is 346 g/mol. The topological polar surface area (TPSA) is 47.6 Å². The number of rotatable bonds is 2. The molecule has 0 spiro atoms. The SMILES string of the molecule is Cc1cc(Cl)ccc1NC(=O)c1ccc2c(c1)OCC(C)(C)CO2. The van der Waals surface area contributed by atoms with Crippen LogP contribution in [0.2, 0.25) is 5.02 Å². The predicted octanol–water partition coefficient (Wildman–Crippen LogP) is 4.70. The Balaban J connectivity index is 1.80. The molecule has 0 saturated carbocycles. The van der Waals surface area contributed by atoms with Crippen LogP contribution in [0, 0.1) is 12.3 Å². The highest BCUT2D eigenvalue weighted by Gasteiger charge is 2.25. The molecule has 1 aliphatic rings. The molecular formula is C19H20ClNO3. The standard InChI is InChI=1S/C19H20ClNO3/c1-12-8-14(20)5-6-15(12)21-18(22)13-4-7-16-17(9-13)24-11-19(2,3)10-23-16/h4-9H,10-11H2,1-3H3,(H,21,22). The van der Waals surface area contributed by atoms with Crippen molar-refractivity contribution in [2.24, 2.45) is 5.41 Å². The van der Waals surface area contributed by atoms with Gasteiger partial charge in [0.05, 0.1) is 13.2 Å². The molecule has 0 fully saturated rings. The number of aryl methyl sites for hydroxylation is 1. The van der Waals surface area contributed by atoms with Gasteiger partial charge in [0.15, 0.2) is 11.5 Å². The lowest BCUT2D eigenvalue weighted by Crippen LogP contribution is -2.26. The number of ether oxygens (including phenoxy) is 2. The molecule has 1 aliphatic heterocycles. The summed E-state index contributed by atoms with van der Waals surface area (Å²) < 4.78 is 11.6. The molecule has 0 aromatic heterocycles. The third-order valence-corrected chi connectivity index (χ3v) is 4.11. The Bertz CT molecular complexity index is 786. The Labute approximate surface area is 146 Å². The first-order valence-corrected chi connectivity index (χ1v) is 8.19. The van der Waals surface area contributed by atoms with Crippen molar-refractivity contribution >= 4 is 23.2 Å². The highest BCUT2D eigenvalue weighted by atomic mass is 35.5. The fourth-order valence-electron chi connectivity index (χ4n) is 2.43. The number of carbonyl (C=O) groups is 1. The maximum absolute atomic E-state index is 12.5. The van der Waals surface area contributed by atoms with Crippen LogP contribution in [-0.4, -0.2) is 19.1 Å². The molecule has 24 heavy (non-hydrogen) atoms. The first-order chi connectivity index (χ1) is 11.3.